The van der Waals surface area contributed by atoms with Gasteiger partial charge in [-0.25, -0.2) is 9.18 Å². The van der Waals surface area contributed by atoms with Gasteiger partial charge in [0, 0.05) is 10.5 Å². The molecule has 30 heavy (non-hydrogen) atoms. The summed E-state index contributed by atoms with van der Waals surface area (Å²) in [4.78, 5) is 27.6. The second kappa shape index (κ2) is 10.9. The van der Waals surface area contributed by atoms with Gasteiger partial charge in [0.2, 0.25) is 0 Å². The molecule has 1 N–H and O–H groups in total. The van der Waals surface area contributed by atoms with Crippen LogP contribution in [0.5, 0.6) is 0 Å². The molecule has 0 saturated heterocycles. The SMILES string of the molecule is Cc1c(Sc2ccccc2)n(CO[C@H](CF)COCc2ccccc2)c(=O)[nH]c1=O. The van der Waals surface area contributed by atoms with Crippen molar-refractivity contribution in [3.63, 3.8) is 0 Å². The zero-order valence-electron chi connectivity index (χ0n) is 16.5. The van der Waals surface area contributed by atoms with Crippen LogP contribution in [0.2, 0.25) is 0 Å². The Morgan fingerprint density at radius 2 is 1.73 bits per heavy atom. The molecule has 3 aromatic rings. The van der Waals surface area contributed by atoms with E-state index >= 15 is 0 Å². The van der Waals surface area contributed by atoms with E-state index in [2.05, 4.69) is 4.98 Å². The number of aromatic amines is 1. The first-order chi connectivity index (χ1) is 14.6. The molecule has 8 heteroatoms. The number of alkyl halides is 1. The number of hydrogen-bond acceptors (Lipinski definition) is 5. The molecular formula is C22H23FN2O4S. The molecule has 0 fully saturated rings. The topological polar surface area (TPSA) is 73.3 Å². The van der Waals surface area contributed by atoms with Crippen molar-refractivity contribution in [1.82, 2.24) is 9.55 Å². The van der Waals surface area contributed by atoms with E-state index in [1.807, 2.05) is 60.7 Å². The van der Waals surface area contributed by atoms with Crippen LogP contribution >= 0.6 is 11.8 Å². The summed E-state index contributed by atoms with van der Waals surface area (Å²) >= 11 is 1.28. The minimum absolute atomic E-state index is 0.0453. The minimum Gasteiger partial charge on any atom is -0.374 e. The highest BCUT2D eigenvalue weighted by atomic mass is 32.2. The highest BCUT2D eigenvalue weighted by Crippen LogP contribution is 2.27. The van der Waals surface area contributed by atoms with Crippen LogP contribution in [-0.4, -0.2) is 28.9 Å². The number of H-pyrrole nitrogens is 1. The van der Waals surface area contributed by atoms with Crippen molar-refractivity contribution in [3.05, 3.63) is 92.6 Å². The third kappa shape index (κ3) is 5.91. The number of aromatic nitrogens is 2. The normalized spacial score (nSPS) is 12.1. The number of ether oxygens (including phenoxy) is 2. The molecule has 0 unspecified atom stereocenters. The Labute approximate surface area is 177 Å². The standard InChI is InChI=1S/C22H23FN2O4S/c1-16-20(26)24-22(27)25(21(16)30-19-10-6-3-7-11-19)15-29-18(12-23)14-28-13-17-8-4-2-5-9-17/h2-11,18H,12-15H2,1H3,(H,24,26,27)/t18-/m1/s1. The van der Waals surface area contributed by atoms with Gasteiger partial charge in [-0.2, -0.15) is 0 Å². The van der Waals surface area contributed by atoms with Gasteiger partial charge in [-0.1, -0.05) is 60.3 Å². The maximum Gasteiger partial charge on any atom is 0.331 e. The smallest absolute Gasteiger partial charge is 0.331 e. The van der Waals surface area contributed by atoms with Crippen molar-refractivity contribution in [3.8, 4) is 0 Å². The number of nitrogens with one attached hydrogen (secondary N) is 1. The lowest BCUT2D eigenvalue weighted by Gasteiger charge is -2.18. The summed E-state index contributed by atoms with van der Waals surface area (Å²) < 4.78 is 25.9. The van der Waals surface area contributed by atoms with Gasteiger partial charge in [-0.3, -0.25) is 14.3 Å². The van der Waals surface area contributed by atoms with E-state index < -0.39 is 24.0 Å². The molecule has 2 aromatic carbocycles. The summed E-state index contributed by atoms with van der Waals surface area (Å²) in [5, 5.41) is 0.456. The average molecular weight is 431 g/mol. The third-order valence-corrected chi connectivity index (χ3v) is 5.58. The Hall–Kier alpha value is -2.68. The van der Waals surface area contributed by atoms with Crippen LogP contribution in [0.25, 0.3) is 0 Å². The molecule has 0 aliphatic rings. The Kier molecular flexibility index (Phi) is 8.01. The predicted molar refractivity (Wildman–Crippen MR) is 114 cm³/mol. The molecule has 0 saturated carbocycles. The fraction of sp³-hybridized carbons (Fsp3) is 0.273. The average Bonchev–Trinajstić information content (AvgIpc) is 2.77. The van der Waals surface area contributed by atoms with E-state index in [4.69, 9.17) is 9.47 Å². The zero-order valence-corrected chi connectivity index (χ0v) is 17.4. The fourth-order valence-electron chi connectivity index (χ4n) is 2.70. The Balaban J connectivity index is 1.69. The van der Waals surface area contributed by atoms with Crippen molar-refractivity contribution >= 4 is 11.8 Å². The predicted octanol–water partition coefficient (Wildman–Crippen LogP) is 3.53. The first kappa shape index (κ1) is 22.0. The first-order valence-electron chi connectivity index (χ1n) is 9.44. The maximum atomic E-state index is 13.4. The molecule has 0 aliphatic heterocycles. The monoisotopic (exact) mass is 430 g/mol. The van der Waals surface area contributed by atoms with E-state index in [0.717, 1.165) is 10.5 Å². The van der Waals surface area contributed by atoms with Crippen LogP contribution in [0.4, 0.5) is 4.39 Å². The number of hydrogen-bond donors (Lipinski definition) is 1. The van der Waals surface area contributed by atoms with E-state index in [1.165, 1.54) is 16.3 Å². The Bertz CT molecular complexity index is 1050. The summed E-state index contributed by atoms with van der Waals surface area (Å²) in [6, 6.07) is 18.9. The van der Waals surface area contributed by atoms with Crippen LogP contribution in [0.1, 0.15) is 11.1 Å². The van der Waals surface area contributed by atoms with Crippen LogP contribution < -0.4 is 11.2 Å². The number of halogens is 1. The highest BCUT2D eigenvalue weighted by molar-refractivity contribution is 7.99. The van der Waals surface area contributed by atoms with Gasteiger partial charge in [0.15, 0.2) is 0 Å². The molecule has 158 valence electrons. The zero-order chi connectivity index (χ0) is 21.3. The van der Waals surface area contributed by atoms with Crippen LogP contribution in [0, 0.1) is 6.92 Å². The van der Waals surface area contributed by atoms with Crippen molar-refractivity contribution in [2.45, 2.75) is 36.3 Å². The Morgan fingerprint density at radius 1 is 1.07 bits per heavy atom. The molecule has 3 rings (SSSR count). The van der Waals surface area contributed by atoms with Crippen LogP contribution in [0.3, 0.4) is 0 Å². The molecule has 6 nitrogen and oxygen atoms in total. The largest absolute Gasteiger partial charge is 0.374 e. The van der Waals surface area contributed by atoms with Gasteiger partial charge >= 0.3 is 5.69 Å². The van der Waals surface area contributed by atoms with Crippen molar-refractivity contribution < 1.29 is 13.9 Å². The molecule has 0 amide bonds. The van der Waals surface area contributed by atoms with Gasteiger partial charge in [-0.15, -0.1) is 0 Å². The molecular weight excluding hydrogens is 407 g/mol. The second-order valence-corrected chi connectivity index (χ2v) is 7.67. The number of nitrogens with zero attached hydrogens (tertiary/aromatic N) is 1. The van der Waals surface area contributed by atoms with Crippen molar-refractivity contribution in [2.24, 2.45) is 0 Å². The lowest BCUT2D eigenvalue weighted by atomic mass is 10.2. The quantitative estimate of drug-likeness (QED) is 0.498. The maximum absolute atomic E-state index is 13.4. The summed E-state index contributed by atoms with van der Waals surface area (Å²) in [6.07, 6.45) is -0.831. The van der Waals surface area contributed by atoms with Gasteiger partial charge < -0.3 is 9.47 Å². The van der Waals surface area contributed by atoms with E-state index in [1.54, 1.807) is 6.92 Å². The molecule has 0 aliphatic carbocycles. The summed E-state index contributed by atoms with van der Waals surface area (Å²) in [5.41, 5.74) is 0.308. The van der Waals surface area contributed by atoms with Gasteiger partial charge in [-0.05, 0) is 24.6 Å². The van der Waals surface area contributed by atoms with Crippen molar-refractivity contribution in [2.75, 3.05) is 13.3 Å². The van der Waals surface area contributed by atoms with Gasteiger partial charge in [0.05, 0.1) is 18.2 Å². The van der Waals surface area contributed by atoms with Crippen LogP contribution in [-0.2, 0) is 22.8 Å². The lowest BCUT2D eigenvalue weighted by Crippen LogP contribution is -2.35. The van der Waals surface area contributed by atoms with E-state index in [-0.39, 0.29) is 13.3 Å². The fourth-order valence-corrected chi connectivity index (χ4v) is 3.71. The number of benzene rings is 2. The Morgan fingerprint density at radius 3 is 2.40 bits per heavy atom. The lowest BCUT2D eigenvalue weighted by molar-refractivity contribution is -0.0614. The molecule has 0 spiro atoms. The first-order valence-corrected chi connectivity index (χ1v) is 10.3. The summed E-state index contributed by atoms with van der Waals surface area (Å²) in [7, 11) is 0. The second-order valence-electron chi connectivity index (χ2n) is 6.61. The molecule has 0 radical (unpaired) electrons. The van der Waals surface area contributed by atoms with Crippen molar-refractivity contribution in [1.29, 1.82) is 0 Å². The summed E-state index contributed by atoms with van der Waals surface area (Å²) in [6.45, 7) is 1.06. The molecule has 0 bridgehead atoms. The molecule has 1 heterocycles. The van der Waals surface area contributed by atoms with Gasteiger partial charge in [0.1, 0.15) is 19.5 Å². The van der Waals surface area contributed by atoms with Gasteiger partial charge in [0.25, 0.3) is 5.56 Å². The van der Waals surface area contributed by atoms with E-state index in [9.17, 15) is 14.0 Å². The molecule has 1 aromatic heterocycles. The number of rotatable bonds is 10. The van der Waals surface area contributed by atoms with E-state index in [0.29, 0.717) is 17.2 Å². The minimum atomic E-state index is -0.831. The van der Waals surface area contributed by atoms with Crippen LogP contribution in [0.15, 0.2) is 80.2 Å². The third-order valence-electron chi connectivity index (χ3n) is 4.36. The highest BCUT2D eigenvalue weighted by Gasteiger charge is 2.16. The summed E-state index contributed by atoms with van der Waals surface area (Å²) in [5.74, 6) is 0. The molecule has 1 atom stereocenters.